The van der Waals surface area contributed by atoms with E-state index in [-0.39, 0.29) is 25.3 Å². The molecule has 9 heteroatoms. The Morgan fingerprint density at radius 1 is 1.03 bits per heavy atom. The molecule has 0 unspecified atom stereocenters. The number of hydrogen-bond donors (Lipinski definition) is 1. The molecule has 9 nitrogen and oxygen atoms in total. The van der Waals surface area contributed by atoms with E-state index in [2.05, 4.69) is 4.98 Å². The van der Waals surface area contributed by atoms with Gasteiger partial charge in [0.15, 0.2) is 0 Å². The van der Waals surface area contributed by atoms with Crippen molar-refractivity contribution in [1.29, 1.82) is 0 Å². The first-order chi connectivity index (χ1) is 13.8. The lowest BCUT2D eigenvalue weighted by Gasteiger charge is -2.27. The van der Waals surface area contributed by atoms with Gasteiger partial charge in [-0.05, 0) is 60.1 Å². The zero-order valence-electron chi connectivity index (χ0n) is 18.4. The van der Waals surface area contributed by atoms with Crippen LogP contribution < -0.4 is 10.6 Å². The molecule has 2 amide bonds. The molecule has 0 fully saturated rings. The average Bonchev–Trinajstić information content (AvgIpc) is 2.94. The van der Waals surface area contributed by atoms with Gasteiger partial charge in [-0.15, -0.1) is 0 Å². The largest absolute Gasteiger partial charge is 0.443 e. The molecule has 2 aromatic rings. The molecule has 164 valence electrons. The number of para-hydroxylation sites is 2. The van der Waals surface area contributed by atoms with E-state index in [1.807, 2.05) is 0 Å². The van der Waals surface area contributed by atoms with Crippen molar-refractivity contribution >= 4 is 35.1 Å². The van der Waals surface area contributed by atoms with Crippen LogP contribution in [0.1, 0.15) is 54.4 Å². The van der Waals surface area contributed by atoms with Crippen LogP contribution in [-0.2, 0) is 14.3 Å². The highest BCUT2D eigenvalue weighted by atomic mass is 16.6. The first kappa shape index (κ1) is 23.2. The number of imidazole rings is 1. The Hall–Kier alpha value is -3.10. The fraction of sp³-hybridized carbons (Fsp3) is 0.524. The third kappa shape index (κ3) is 6.20. The molecule has 1 aromatic heterocycles. The highest BCUT2D eigenvalue weighted by Crippen LogP contribution is 2.26. The van der Waals surface area contributed by atoms with Gasteiger partial charge in [-0.25, -0.2) is 24.0 Å². The van der Waals surface area contributed by atoms with Gasteiger partial charge in [0, 0.05) is 13.0 Å². The second-order valence-electron chi connectivity index (χ2n) is 8.92. The number of rotatable bonds is 5. The molecular formula is C21H30N4O5. The Bertz CT molecular complexity index is 937. The van der Waals surface area contributed by atoms with Crippen molar-refractivity contribution in [3.05, 3.63) is 24.3 Å². The first-order valence-corrected chi connectivity index (χ1v) is 9.78. The van der Waals surface area contributed by atoms with Crippen molar-refractivity contribution in [3.8, 4) is 0 Å². The molecule has 0 saturated carbocycles. The second-order valence-corrected chi connectivity index (χ2v) is 8.92. The van der Waals surface area contributed by atoms with Gasteiger partial charge in [0.05, 0.1) is 11.0 Å². The average molecular weight is 418 g/mol. The summed E-state index contributed by atoms with van der Waals surface area (Å²) in [4.78, 5) is 42.9. The summed E-state index contributed by atoms with van der Waals surface area (Å²) in [5.41, 5.74) is 4.73. The minimum atomic E-state index is -0.762. The van der Waals surface area contributed by atoms with Gasteiger partial charge in [0.1, 0.15) is 11.2 Å². The molecule has 1 aromatic carbocycles. The van der Waals surface area contributed by atoms with Gasteiger partial charge < -0.3 is 15.2 Å². The van der Waals surface area contributed by atoms with Crippen molar-refractivity contribution < 1.29 is 23.9 Å². The summed E-state index contributed by atoms with van der Waals surface area (Å²) in [6.07, 6.45) is -1.00. The molecule has 0 atom stereocenters. The molecule has 30 heavy (non-hydrogen) atoms. The SMILES string of the molecule is CC(C)(C)OC(=O)N(CCCC(N)=O)c1nc2ccccc2n1C(=O)OC(C)(C)C. The third-order valence-corrected chi connectivity index (χ3v) is 3.78. The molecular weight excluding hydrogens is 388 g/mol. The molecule has 2 rings (SSSR count). The number of nitrogens with zero attached hydrogens (tertiary/aromatic N) is 3. The van der Waals surface area contributed by atoms with Crippen molar-refractivity contribution in [2.45, 2.75) is 65.6 Å². The van der Waals surface area contributed by atoms with E-state index in [1.165, 1.54) is 9.47 Å². The summed E-state index contributed by atoms with van der Waals surface area (Å²) < 4.78 is 12.3. The van der Waals surface area contributed by atoms with Gasteiger partial charge in [-0.2, -0.15) is 0 Å². The van der Waals surface area contributed by atoms with E-state index in [9.17, 15) is 14.4 Å². The zero-order valence-corrected chi connectivity index (χ0v) is 18.4. The summed E-state index contributed by atoms with van der Waals surface area (Å²) in [7, 11) is 0. The highest BCUT2D eigenvalue weighted by molar-refractivity contribution is 5.95. The Balaban J connectivity index is 2.56. The molecule has 2 N–H and O–H groups in total. The molecule has 0 bridgehead atoms. The minimum Gasteiger partial charge on any atom is -0.443 e. The van der Waals surface area contributed by atoms with Crippen LogP contribution in [0.2, 0.25) is 0 Å². The van der Waals surface area contributed by atoms with E-state index in [1.54, 1.807) is 65.8 Å². The lowest BCUT2D eigenvalue weighted by molar-refractivity contribution is -0.118. The van der Waals surface area contributed by atoms with Crippen LogP contribution in [0.4, 0.5) is 15.5 Å². The third-order valence-electron chi connectivity index (χ3n) is 3.78. The smallest absolute Gasteiger partial charge is 0.421 e. The molecule has 0 radical (unpaired) electrons. The van der Waals surface area contributed by atoms with Crippen LogP contribution >= 0.6 is 0 Å². The van der Waals surface area contributed by atoms with Crippen molar-refractivity contribution in [3.63, 3.8) is 0 Å². The van der Waals surface area contributed by atoms with Gasteiger partial charge in [0.2, 0.25) is 11.9 Å². The number of primary amides is 1. The van der Waals surface area contributed by atoms with Crippen molar-refractivity contribution in [2.24, 2.45) is 5.73 Å². The lowest BCUT2D eigenvalue weighted by atomic mass is 10.2. The normalized spacial score (nSPS) is 11.9. The fourth-order valence-corrected chi connectivity index (χ4v) is 2.68. The number of benzene rings is 1. The Kier molecular flexibility index (Phi) is 6.74. The predicted octanol–water partition coefficient (Wildman–Crippen LogP) is 3.83. The van der Waals surface area contributed by atoms with E-state index in [0.717, 1.165) is 0 Å². The number of hydrogen-bond acceptors (Lipinski definition) is 6. The molecule has 0 aliphatic carbocycles. The van der Waals surface area contributed by atoms with Crippen molar-refractivity contribution in [2.75, 3.05) is 11.4 Å². The summed E-state index contributed by atoms with van der Waals surface area (Å²) in [5, 5.41) is 0. The maximum Gasteiger partial charge on any atom is 0.421 e. The van der Waals surface area contributed by atoms with Gasteiger partial charge in [0.25, 0.3) is 0 Å². The van der Waals surface area contributed by atoms with E-state index in [4.69, 9.17) is 15.2 Å². The van der Waals surface area contributed by atoms with Crippen LogP contribution in [0.15, 0.2) is 24.3 Å². The molecule has 0 aliphatic heterocycles. The van der Waals surface area contributed by atoms with E-state index in [0.29, 0.717) is 11.0 Å². The minimum absolute atomic E-state index is 0.0594. The Morgan fingerprint density at radius 2 is 1.63 bits per heavy atom. The van der Waals surface area contributed by atoms with Gasteiger partial charge in [-0.1, -0.05) is 12.1 Å². The number of nitrogens with two attached hydrogens (primary N) is 1. The Labute approximate surface area is 176 Å². The number of ether oxygens (including phenoxy) is 2. The van der Waals surface area contributed by atoms with Gasteiger partial charge in [-0.3, -0.25) is 4.79 Å². The number of aromatic nitrogens is 2. The maximum atomic E-state index is 13.0. The number of anilines is 1. The number of amides is 2. The second kappa shape index (κ2) is 8.73. The Morgan fingerprint density at radius 3 is 2.20 bits per heavy atom. The summed E-state index contributed by atoms with van der Waals surface area (Å²) in [6.45, 7) is 10.6. The van der Waals surface area contributed by atoms with Crippen molar-refractivity contribution in [1.82, 2.24) is 9.55 Å². The van der Waals surface area contributed by atoms with Crippen LogP contribution in [0.5, 0.6) is 0 Å². The van der Waals surface area contributed by atoms with Crippen LogP contribution in [0, 0.1) is 0 Å². The quantitative estimate of drug-likeness (QED) is 0.789. The van der Waals surface area contributed by atoms with E-state index < -0.39 is 29.3 Å². The lowest BCUT2D eigenvalue weighted by Crippen LogP contribution is -2.40. The van der Waals surface area contributed by atoms with Crippen LogP contribution in [0.25, 0.3) is 11.0 Å². The summed E-state index contributed by atoms with van der Waals surface area (Å²) >= 11 is 0. The predicted molar refractivity (Wildman–Crippen MR) is 113 cm³/mol. The molecule has 0 aliphatic rings. The molecule has 1 heterocycles. The van der Waals surface area contributed by atoms with Crippen LogP contribution in [-0.4, -0.2) is 45.4 Å². The summed E-state index contributed by atoms with van der Waals surface area (Å²) in [5.74, 6) is -0.427. The topological polar surface area (TPSA) is 117 Å². The highest BCUT2D eigenvalue weighted by Gasteiger charge is 2.31. The molecule has 0 saturated heterocycles. The number of carbonyl (C=O) groups excluding carboxylic acids is 3. The maximum absolute atomic E-state index is 13.0. The monoisotopic (exact) mass is 418 g/mol. The zero-order chi connectivity index (χ0) is 22.7. The molecule has 0 spiro atoms. The number of fused-ring (bicyclic) bond motifs is 1. The van der Waals surface area contributed by atoms with Gasteiger partial charge >= 0.3 is 12.2 Å². The number of carbonyl (C=O) groups is 3. The van der Waals surface area contributed by atoms with E-state index >= 15 is 0 Å². The fourth-order valence-electron chi connectivity index (χ4n) is 2.68. The summed E-state index contributed by atoms with van der Waals surface area (Å²) in [6, 6.07) is 6.99. The standard InChI is InChI=1S/C21H30N4O5/c1-20(2,3)29-18(27)24(13-9-12-16(22)26)17-23-14-10-7-8-11-15(14)25(17)19(28)30-21(4,5)6/h7-8,10-11H,9,12-13H2,1-6H3,(H2,22,26). The van der Waals surface area contributed by atoms with Crippen LogP contribution in [0.3, 0.4) is 0 Å². The first-order valence-electron chi connectivity index (χ1n) is 9.78.